The molecule has 0 aromatic carbocycles. The van der Waals surface area contributed by atoms with Gasteiger partial charge < -0.3 is 0 Å². The molecule has 0 saturated carbocycles. The van der Waals surface area contributed by atoms with Gasteiger partial charge in [0.2, 0.25) is 0 Å². The fraction of sp³-hybridized carbons (Fsp3) is 0.375. The lowest BCUT2D eigenvalue weighted by atomic mass is 10.3. The summed E-state index contributed by atoms with van der Waals surface area (Å²) in [4.78, 5) is 7.71. The predicted octanol–water partition coefficient (Wildman–Crippen LogP) is 2.83. The predicted molar refractivity (Wildman–Crippen MR) is 93.1 cm³/mol. The number of aromatic nitrogens is 2. The summed E-state index contributed by atoms with van der Waals surface area (Å²) in [5.41, 5.74) is 0.0938. The molecule has 1 aliphatic heterocycles. The van der Waals surface area contributed by atoms with E-state index < -0.39 is 30.7 Å². The number of sulfone groups is 2. The zero-order chi connectivity index (χ0) is 18.4. The topological polar surface area (TPSA) is 94.1 Å². The summed E-state index contributed by atoms with van der Waals surface area (Å²) in [5, 5.41) is -1.17. The van der Waals surface area contributed by atoms with E-state index in [1.54, 1.807) is 0 Å². The van der Waals surface area contributed by atoms with Crippen LogP contribution in [-0.4, -0.2) is 32.6 Å². The van der Waals surface area contributed by atoms with Gasteiger partial charge in [-0.3, -0.25) is 9.97 Å². The van der Waals surface area contributed by atoms with Crippen molar-refractivity contribution in [2.75, 3.05) is 5.75 Å². The molecule has 0 radical (unpaired) electrons. The lowest BCUT2D eigenvalue weighted by Gasteiger charge is -2.10. The molecule has 3 heterocycles. The largest absolute Gasteiger partial charge is 0.263 e. The van der Waals surface area contributed by atoms with Crippen molar-refractivity contribution in [1.82, 2.24) is 9.97 Å². The molecule has 0 amide bonds. The van der Waals surface area contributed by atoms with Crippen molar-refractivity contribution in [1.29, 1.82) is 0 Å². The first-order chi connectivity index (χ1) is 11.4. The molecule has 6 nitrogen and oxygen atoms in total. The molecular weight excluding hydrogens is 348 g/mol. The fourth-order valence-corrected chi connectivity index (χ4v) is 6.34. The third kappa shape index (κ3) is 3.81. The van der Waals surface area contributed by atoms with E-state index in [0.29, 0.717) is 0 Å². The molecule has 0 saturated heterocycles. The minimum atomic E-state index is -3.83. The number of nitrogens with zero attached hydrogens (tertiary/aromatic N) is 2. The highest BCUT2D eigenvalue weighted by molar-refractivity contribution is 7.96. The van der Waals surface area contributed by atoms with E-state index in [9.17, 15) is 16.8 Å². The zero-order valence-electron chi connectivity index (χ0n) is 14.2. The van der Waals surface area contributed by atoms with Crippen molar-refractivity contribution in [2.24, 2.45) is 0 Å². The summed E-state index contributed by atoms with van der Waals surface area (Å²) < 4.78 is 49.1. The molecule has 1 aliphatic rings. The molecule has 1 unspecified atom stereocenters. The Labute approximate surface area is 143 Å². The van der Waals surface area contributed by atoms with Gasteiger partial charge in [0, 0.05) is 18.6 Å². The van der Waals surface area contributed by atoms with Crippen LogP contribution in [-0.2, 0) is 19.7 Å². The van der Waals surface area contributed by atoms with Gasteiger partial charge in [-0.2, -0.15) is 0 Å². The summed E-state index contributed by atoms with van der Waals surface area (Å²) in [6.45, 7) is 8.00. The van der Waals surface area contributed by atoms with Crippen LogP contribution in [0, 0.1) is 0 Å². The molecule has 0 N–H and O–H groups in total. The minimum absolute atomic E-state index is 0.00120. The normalized spacial score (nSPS) is 17.6. The number of fused-ring (bicyclic) bond motifs is 1. The van der Waals surface area contributed by atoms with Gasteiger partial charge in [-0.25, -0.2) is 16.8 Å². The van der Waals surface area contributed by atoms with Crippen molar-refractivity contribution in [3.8, 4) is 0 Å². The van der Waals surface area contributed by atoms with Crippen LogP contribution in [0.4, 0.5) is 0 Å². The van der Waals surface area contributed by atoms with Crippen LogP contribution in [0.2, 0.25) is 0 Å². The van der Waals surface area contributed by atoms with E-state index in [1.165, 1.54) is 42.9 Å². The Morgan fingerprint density at radius 1 is 1.04 bits per heavy atom. The van der Waals surface area contributed by atoms with E-state index in [4.69, 9.17) is 0 Å². The Morgan fingerprint density at radius 2 is 1.67 bits per heavy atom. The quantitative estimate of drug-likeness (QED) is 0.807. The summed E-state index contributed by atoms with van der Waals surface area (Å²) in [7, 11) is -7.44. The van der Waals surface area contributed by atoms with Gasteiger partial charge in [-0.05, 0) is 24.3 Å². The van der Waals surface area contributed by atoms with Crippen LogP contribution in [0.25, 0.3) is 0 Å². The molecule has 2 aromatic heterocycles. The number of rotatable bonds is 2. The highest BCUT2D eigenvalue weighted by Gasteiger charge is 2.44. The van der Waals surface area contributed by atoms with Crippen LogP contribution in [0.15, 0.2) is 52.6 Å². The Morgan fingerprint density at radius 3 is 2.25 bits per heavy atom. The number of pyridine rings is 2. The molecule has 0 aliphatic carbocycles. The summed E-state index contributed by atoms with van der Waals surface area (Å²) in [6, 6.07) is 5.76. The first-order valence-corrected chi connectivity index (χ1v) is 10.9. The monoisotopic (exact) mass is 370 g/mol. The van der Waals surface area contributed by atoms with Crippen molar-refractivity contribution in [3.63, 3.8) is 0 Å². The van der Waals surface area contributed by atoms with Crippen molar-refractivity contribution in [3.05, 3.63) is 48.5 Å². The van der Waals surface area contributed by atoms with Crippen LogP contribution >= 0.6 is 0 Å². The van der Waals surface area contributed by atoms with Crippen LogP contribution < -0.4 is 0 Å². The first-order valence-electron chi connectivity index (χ1n) is 7.74. The van der Waals surface area contributed by atoms with Crippen molar-refractivity contribution >= 4 is 19.7 Å². The Bertz CT molecular complexity index is 864. The molecule has 132 valence electrons. The Hall–Kier alpha value is -1.80. The van der Waals surface area contributed by atoms with Gasteiger partial charge in [0.25, 0.3) is 0 Å². The zero-order valence-corrected chi connectivity index (χ0v) is 15.8. The summed E-state index contributed by atoms with van der Waals surface area (Å²) >= 11 is 0. The van der Waals surface area contributed by atoms with E-state index in [1.807, 2.05) is 27.7 Å². The lowest BCUT2D eigenvalue weighted by Crippen LogP contribution is -2.16. The van der Waals surface area contributed by atoms with E-state index in [-0.39, 0.29) is 15.5 Å². The molecule has 2 aromatic rings. The lowest BCUT2D eigenvalue weighted by molar-refractivity contribution is 0.581. The van der Waals surface area contributed by atoms with E-state index in [0.717, 1.165) is 0 Å². The second-order valence-corrected chi connectivity index (χ2v) is 8.52. The maximum absolute atomic E-state index is 12.5. The SMILES string of the molecule is CC.CC.O=S1(=O)CC(S(=O)(=O)c2cccnc2)c2ncccc21. The minimum Gasteiger partial charge on any atom is -0.263 e. The second-order valence-electron chi connectivity index (χ2n) is 4.39. The highest BCUT2D eigenvalue weighted by atomic mass is 32.2. The highest BCUT2D eigenvalue weighted by Crippen LogP contribution is 2.39. The number of hydrogen-bond acceptors (Lipinski definition) is 6. The molecule has 0 spiro atoms. The third-order valence-corrected chi connectivity index (χ3v) is 7.18. The van der Waals surface area contributed by atoms with Gasteiger partial charge >= 0.3 is 0 Å². The van der Waals surface area contributed by atoms with Crippen LogP contribution in [0.5, 0.6) is 0 Å². The smallest absolute Gasteiger partial charge is 0.189 e. The molecule has 0 bridgehead atoms. The maximum Gasteiger partial charge on any atom is 0.189 e. The van der Waals surface area contributed by atoms with Crippen LogP contribution in [0.1, 0.15) is 38.6 Å². The summed E-state index contributed by atoms with van der Waals surface area (Å²) in [5.74, 6) is -0.476. The third-order valence-electron chi connectivity index (χ3n) is 3.15. The average Bonchev–Trinajstić information content (AvgIpc) is 2.92. The van der Waals surface area contributed by atoms with Gasteiger partial charge in [-0.1, -0.05) is 27.7 Å². The molecular formula is C16H22N2O4S2. The van der Waals surface area contributed by atoms with Crippen molar-refractivity contribution < 1.29 is 16.8 Å². The van der Waals surface area contributed by atoms with E-state index in [2.05, 4.69) is 9.97 Å². The average molecular weight is 370 g/mol. The van der Waals surface area contributed by atoms with Gasteiger partial charge in [0.1, 0.15) is 5.25 Å². The van der Waals surface area contributed by atoms with Gasteiger partial charge in [0.05, 0.1) is 21.2 Å². The second kappa shape index (κ2) is 8.34. The Kier molecular flexibility index (Phi) is 7.04. The summed E-state index contributed by atoms with van der Waals surface area (Å²) in [6.07, 6.45) is 4.06. The molecule has 8 heteroatoms. The standard InChI is InChI=1S/C12H10N2O4S2.2C2H6/c15-19(16)8-11(12-10(19)4-2-6-14-12)20(17,18)9-3-1-5-13-7-9;2*1-2/h1-7,11H,8H2;2*1-2H3. The Balaban J connectivity index is 0.000000671. The molecule has 0 fully saturated rings. The molecule has 3 rings (SSSR count). The van der Waals surface area contributed by atoms with Crippen molar-refractivity contribution in [2.45, 2.75) is 42.7 Å². The fourth-order valence-electron chi connectivity index (χ4n) is 2.19. The number of hydrogen-bond donors (Lipinski definition) is 0. The van der Waals surface area contributed by atoms with Crippen LogP contribution in [0.3, 0.4) is 0 Å². The molecule has 1 atom stereocenters. The molecule has 24 heavy (non-hydrogen) atoms. The van der Waals surface area contributed by atoms with Gasteiger partial charge in [0.15, 0.2) is 19.7 Å². The van der Waals surface area contributed by atoms with Gasteiger partial charge in [-0.15, -0.1) is 0 Å². The van der Waals surface area contributed by atoms with E-state index >= 15 is 0 Å². The first kappa shape index (κ1) is 20.2. The maximum atomic E-state index is 12.5.